The van der Waals surface area contributed by atoms with Crippen LogP contribution in [-0.4, -0.2) is 43.0 Å². The lowest BCUT2D eigenvalue weighted by Gasteiger charge is -2.11. The highest BCUT2D eigenvalue weighted by Gasteiger charge is 2.02. The number of anilines is 2. The summed E-state index contributed by atoms with van der Waals surface area (Å²) in [5.74, 6) is 0.649. The smallest absolute Gasteiger partial charge is 0.225 e. The lowest BCUT2D eigenvalue weighted by Crippen LogP contribution is -2.16. The summed E-state index contributed by atoms with van der Waals surface area (Å²) < 4.78 is 0. The van der Waals surface area contributed by atoms with Gasteiger partial charge in [0.25, 0.3) is 0 Å². The maximum Gasteiger partial charge on any atom is 0.225 e. The van der Waals surface area contributed by atoms with Crippen molar-refractivity contribution in [1.29, 1.82) is 0 Å². The van der Waals surface area contributed by atoms with E-state index in [0.717, 1.165) is 38.0 Å². The Morgan fingerprint density at radius 2 is 2.10 bits per heavy atom. The average Bonchev–Trinajstić information content (AvgIpc) is 2.43. The Balaban J connectivity index is 2.31. The molecule has 0 unspecified atom stereocenters. The van der Waals surface area contributed by atoms with Crippen LogP contribution < -0.4 is 10.6 Å². The quantitative estimate of drug-likeness (QED) is 0.682. The van der Waals surface area contributed by atoms with Crippen LogP contribution in [0, 0.1) is 0 Å². The van der Waals surface area contributed by atoms with E-state index in [9.17, 15) is 4.79 Å². The van der Waals surface area contributed by atoms with Crippen LogP contribution in [0.2, 0.25) is 0 Å². The van der Waals surface area contributed by atoms with Crippen LogP contribution in [0.1, 0.15) is 32.6 Å². The number of unbranched alkanes of at least 4 members (excludes halogenated alkanes) is 1. The Bertz CT molecular complexity index is 389. The van der Waals surface area contributed by atoms with Gasteiger partial charge in [0.2, 0.25) is 5.91 Å². The third-order valence-corrected chi connectivity index (χ3v) is 2.90. The third-order valence-electron chi connectivity index (χ3n) is 2.90. The molecule has 0 spiro atoms. The molecule has 0 aliphatic rings. The first-order valence-electron chi connectivity index (χ1n) is 7.26. The SMILES string of the molecule is CCCCC(=O)Nc1ccc(NCCCN(C)C)cn1. The van der Waals surface area contributed by atoms with Gasteiger partial charge < -0.3 is 15.5 Å². The number of rotatable bonds is 9. The molecule has 20 heavy (non-hydrogen) atoms. The molecule has 0 saturated heterocycles. The van der Waals surface area contributed by atoms with Crippen molar-refractivity contribution in [3.05, 3.63) is 18.3 Å². The molecule has 5 heteroatoms. The summed E-state index contributed by atoms with van der Waals surface area (Å²) in [5, 5.41) is 6.11. The standard InChI is InChI=1S/C15H26N4O/c1-4-5-7-15(20)18-14-9-8-13(12-17-14)16-10-6-11-19(2)3/h8-9,12,16H,4-7,10-11H2,1-3H3,(H,17,18,20). The molecule has 0 aliphatic carbocycles. The second-order valence-corrected chi connectivity index (χ2v) is 5.17. The van der Waals surface area contributed by atoms with Crippen LogP contribution in [0.3, 0.4) is 0 Å². The highest BCUT2D eigenvalue weighted by molar-refractivity contribution is 5.89. The number of carbonyl (C=O) groups is 1. The van der Waals surface area contributed by atoms with Crippen molar-refractivity contribution in [3.63, 3.8) is 0 Å². The Morgan fingerprint density at radius 3 is 2.70 bits per heavy atom. The molecule has 2 N–H and O–H groups in total. The highest BCUT2D eigenvalue weighted by Crippen LogP contribution is 2.10. The van der Waals surface area contributed by atoms with Crippen LogP contribution in [0.4, 0.5) is 11.5 Å². The van der Waals surface area contributed by atoms with E-state index in [0.29, 0.717) is 12.2 Å². The van der Waals surface area contributed by atoms with Crippen molar-refractivity contribution in [2.45, 2.75) is 32.6 Å². The van der Waals surface area contributed by atoms with E-state index in [1.54, 1.807) is 6.20 Å². The zero-order valence-electron chi connectivity index (χ0n) is 12.8. The van der Waals surface area contributed by atoms with Crippen molar-refractivity contribution in [3.8, 4) is 0 Å². The summed E-state index contributed by atoms with van der Waals surface area (Å²) in [7, 11) is 4.13. The molecule has 0 aliphatic heterocycles. The Labute approximate surface area is 121 Å². The fraction of sp³-hybridized carbons (Fsp3) is 0.600. The lowest BCUT2D eigenvalue weighted by atomic mass is 10.2. The van der Waals surface area contributed by atoms with Crippen LogP contribution >= 0.6 is 0 Å². The third kappa shape index (κ3) is 7.09. The number of nitrogens with zero attached hydrogens (tertiary/aromatic N) is 2. The number of pyridine rings is 1. The van der Waals surface area contributed by atoms with E-state index in [4.69, 9.17) is 0 Å². The van der Waals surface area contributed by atoms with Gasteiger partial charge in [-0.25, -0.2) is 4.98 Å². The zero-order valence-corrected chi connectivity index (χ0v) is 12.8. The van der Waals surface area contributed by atoms with E-state index in [1.807, 2.05) is 12.1 Å². The summed E-state index contributed by atoms with van der Waals surface area (Å²) in [6.45, 7) is 4.05. The second-order valence-electron chi connectivity index (χ2n) is 5.17. The average molecular weight is 278 g/mol. The van der Waals surface area contributed by atoms with Gasteiger partial charge in [-0.15, -0.1) is 0 Å². The molecule has 1 amide bonds. The van der Waals surface area contributed by atoms with Gasteiger partial charge >= 0.3 is 0 Å². The van der Waals surface area contributed by atoms with Crippen molar-refractivity contribution < 1.29 is 4.79 Å². The molecule has 112 valence electrons. The molecular weight excluding hydrogens is 252 g/mol. The molecule has 0 atom stereocenters. The van der Waals surface area contributed by atoms with Gasteiger partial charge in [0.15, 0.2) is 0 Å². The maximum atomic E-state index is 11.6. The summed E-state index contributed by atoms with van der Waals surface area (Å²) in [6.07, 6.45) is 5.34. The van der Waals surface area contributed by atoms with E-state index < -0.39 is 0 Å². The summed E-state index contributed by atoms with van der Waals surface area (Å²) >= 11 is 0. The van der Waals surface area contributed by atoms with Crippen molar-refractivity contribution in [1.82, 2.24) is 9.88 Å². The number of amides is 1. The first kappa shape index (κ1) is 16.4. The van der Waals surface area contributed by atoms with Gasteiger partial charge in [-0.1, -0.05) is 13.3 Å². The van der Waals surface area contributed by atoms with Gasteiger partial charge in [0.05, 0.1) is 11.9 Å². The molecule has 5 nitrogen and oxygen atoms in total. The Kier molecular flexibility index (Phi) is 7.65. The number of carbonyl (C=O) groups excluding carboxylic acids is 1. The van der Waals surface area contributed by atoms with Gasteiger partial charge in [-0.3, -0.25) is 4.79 Å². The predicted molar refractivity (Wildman–Crippen MR) is 84.1 cm³/mol. The molecular formula is C15H26N4O. The minimum Gasteiger partial charge on any atom is -0.384 e. The van der Waals surface area contributed by atoms with Crippen molar-refractivity contribution in [2.75, 3.05) is 37.8 Å². The highest BCUT2D eigenvalue weighted by atomic mass is 16.1. The zero-order chi connectivity index (χ0) is 14.8. The predicted octanol–water partition coefficient (Wildman–Crippen LogP) is 2.57. The second kappa shape index (κ2) is 9.31. The Hall–Kier alpha value is -1.62. The first-order chi connectivity index (χ1) is 9.61. The van der Waals surface area contributed by atoms with E-state index in [1.165, 1.54) is 0 Å². The number of aromatic nitrogens is 1. The van der Waals surface area contributed by atoms with Crippen molar-refractivity contribution >= 4 is 17.4 Å². The molecule has 1 aromatic rings. The molecule has 0 aromatic carbocycles. The van der Waals surface area contributed by atoms with Gasteiger partial charge in [0, 0.05) is 13.0 Å². The van der Waals surface area contributed by atoms with Gasteiger partial charge in [-0.05, 0) is 45.6 Å². The van der Waals surface area contributed by atoms with Crippen LogP contribution in [0.15, 0.2) is 18.3 Å². The first-order valence-corrected chi connectivity index (χ1v) is 7.26. The van der Waals surface area contributed by atoms with Crippen LogP contribution in [0.5, 0.6) is 0 Å². The normalized spacial score (nSPS) is 10.6. The van der Waals surface area contributed by atoms with E-state index in [-0.39, 0.29) is 5.91 Å². The number of hydrogen-bond acceptors (Lipinski definition) is 4. The minimum absolute atomic E-state index is 0.0334. The van der Waals surface area contributed by atoms with Gasteiger partial charge in [-0.2, -0.15) is 0 Å². The number of hydrogen-bond donors (Lipinski definition) is 2. The fourth-order valence-corrected chi connectivity index (χ4v) is 1.74. The molecule has 1 aromatic heterocycles. The molecule has 0 saturated carbocycles. The molecule has 1 rings (SSSR count). The largest absolute Gasteiger partial charge is 0.384 e. The molecule has 0 radical (unpaired) electrons. The lowest BCUT2D eigenvalue weighted by molar-refractivity contribution is -0.116. The fourth-order valence-electron chi connectivity index (χ4n) is 1.74. The van der Waals surface area contributed by atoms with E-state index >= 15 is 0 Å². The molecule has 0 bridgehead atoms. The number of nitrogens with one attached hydrogen (secondary N) is 2. The minimum atomic E-state index is 0.0334. The van der Waals surface area contributed by atoms with Crippen molar-refractivity contribution in [2.24, 2.45) is 0 Å². The topological polar surface area (TPSA) is 57.3 Å². The monoisotopic (exact) mass is 278 g/mol. The van der Waals surface area contributed by atoms with Crippen LogP contribution in [0.25, 0.3) is 0 Å². The maximum absolute atomic E-state index is 11.6. The summed E-state index contributed by atoms with van der Waals surface area (Å²) in [6, 6.07) is 3.77. The molecule has 0 fully saturated rings. The van der Waals surface area contributed by atoms with Gasteiger partial charge in [0.1, 0.15) is 5.82 Å². The van der Waals surface area contributed by atoms with E-state index in [2.05, 4.69) is 41.5 Å². The summed E-state index contributed by atoms with van der Waals surface area (Å²) in [5.41, 5.74) is 0.982. The van der Waals surface area contributed by atoms with Crippen LogP contribution in [-0.2, 0) is 4.79 Å². The summed E-state index contributed by atoms with van der Waals surface area (Å²) in [4.78, 5) is 18.0. The molecule has 1 heterocycles. The Morgan fingerprint density at radius 1 is 1.30 bits per heavy atom.